The first-order chi connectivity index (χ1) is 14.0. The molecule has 2 N–H and O–H groups in total. The molecule has 3 heterocycles. The highest BCUT2D eigenvalue weighted by molar-refractivity contribution is 6.31. The predicted molar refractivity (Wildman–Crippen MR) is 106 cm³/mol. The first-order valence-electron chi connectivity index (χ1n) is 9.18. The molecule has 2 aliphatic rings. The standard InChI is InChI=1S/C19H20ClN5O4/c1-28-17-14(20)8-21-19(24-17)23-13-6-7-25(9-13)18(27)11-2-4-12(5-3-11)22-16(26)15-10-29-15/h2-5,8,13,15H,6-7,9-10H2,1H3,(H,22,26)(H,21,23,24)/t13-,15?/m1/s1. The lowest BCUT2D eigenvalue weighted by molar-refractivity contribution is -0.117. The molecule has 2 saturated heterocycles. The zero-order valence-electron chi connectivity index (χ0n) is 15.7. The van der Waals surface area contributed by atoms with E-state index in [0.717, 1.165) is 6.42 Å². The lowest BCUT2D eigenvalue weighted by Gasteiger charge is -2.17. The van der Waals surface area contributed by atoms with Crippen LogP contribution in [0.25, 0.3) is 0 Å². The number of carbonyl (C=O) groups excluding carboxylic acids is 2. The van der Waals surface area contributed by atoms with Gasteiger partial charge in [0, 0.05) is 30.4 Å². The molecule has 2 aromatic rings. The molecule has 1 unspecified atom stereocenters. The Bertz CT molecular complexity index is 919. The summed E-state index contributed by atoms with van der Waals surface area (Å²) in [4.78, 5) is 34.6. The fraction of sp³-hybridized carbons (Fsp3) is 0.368. The number of benzene rings is 1. The van der Waals surface area contributed by atoms with Crippen molar-refractivity contribution < 1.29 is 19.1 Å². The number of ether oxygens (including phenoxy) is 2. The molecule has 29 heavy (non-hydrogen) atoms. The van der Waals surface area contributed by atoms with Crippen LogP contribution in [-0.2, 0) is 9.53 Å². The summed E-state index contributed by atoms with van der Waals surface area (Å²) in [5.74, 6) is 0.478. The number of epoxide rings is 1. The van der Waals surface area contributed by atoms with Crippen molar-refractivity contribution in [1.29, 1.82) is 0 Å². The van der Waals surface area contributed by atoms with Gasteiger partial charge < -0.3 is 25.0 Å². The summed E-state index contributed by atoms with van der Waals surface area (Å²) in [6, 6.07) is 6.88. The average molecular weight is 418 g/mol. The third kappa shape index (κ3) is 4.57. The van der Waals surface area contributed by atoms with E-state index in [0.29, 0.717) is 47.8 Å². The molecule has 2 fully saturated rings. The number of methoxy groups -OCH3 is 1. The molecule has 0 radical (unpaired) electrons. The van der Waals surface area contributed by atoms with Gasteiger partial charge in [0.25, 0.3) is 11.8 Å². The van der Waals surface area contributed by atoms with E-state index in [2.05, 4.69) is 20.6 Å². The highest BCUT2D eigenvalue weighted by Crippen LogP contribution is 2.23. The average Bonchev–Trinajstić information content (AvgIpc) is 3.49. The van der Waals surface area contributed by atoms with Gasteiger partial charge in [-0.2, -0.15) is 4.98 Å². The van der Waals surface area contributed by atoms with Crippen molar-refractivity contribution in [3.8, 4) is 5.88 Å². The molecule has 9 nitrogen and oxygen atoms in total. The van der Waals surface area contributed by atoms with E-state index in [1.807, 2.05) is 0 Å². The molecule has 2 atom stereocenters. The Labute approximate surface area is 172 Å². The van der Waals surface area contributed by atoms with E-state index in [1.165, 1.54) is 13.3 Å². The van der Waals surface area contributed by atoms with Crippen LogP contribution in [0.2, 0.25) is 5.02 Å². The van der Waals surface area contributed by atoms with E-state index in [1.54, 1.807) is 29.2 Å². The lowest BCUT2D eigenvalue weighted by atomic mass is 10.2. The zero-order chi connectivity index (χ0) is 20.4. The molecule has 2 aliphatic heterocycles. The van der Waals surface area contributed by atoms with Gasteiger partial charge in [-0.3, -0.25) is 9.59 Å². The summed E-state index contributed by atoms with van der Waals surface area (Å²) in [5, 5.41) is 6.31. The summed E-state index contributed by atoms with van der Waals surface area (Å²) >= 11 is 5.94. The number of hydrogen-bond donors (Lipinski definition) is 2. The monoisotopic (exact) mass is 417 g/mol. The number of nitrogens with zero attached hydrogens (tertiary/aromatic N) is 3. The SMILES string of the molecule is COc1nc(N[C@@H]2CCN(C(=O)c3ccc(NC(=O)C4CO4)cc3)C2)ncc1Cl. The van der Waals surface area contributed by atoms with Crippen molar-refractivity contribution in [2.75, 3.05) is 37.4 Å². The quantitative estimate of drug-likeness (QED) is 0.690. The highest BCUT2D eigenvalue weighted by atomic mass is 35.5. The Hall–Kier alpha value is -2.91. The van der Waals surface area contributed by atoms with Crippen LogP contribution in [-0.4, -0.2) is 65.6 Å². The van der Waals surface area contributed by atoms with Crippen LogP contribution in [0.4, 0.5) is 11.6 Å². The molecular formula is C19H20ClN5O4. The van der Waals surface area contributed by atoms with Gasteiger partial charge >= 0.3 is 0 Å². The Balaban J connectivity index is 1.33. The molecule has 152 valence electrons. The summed E-state index contributed by atoms with van der Waals surface area (Å²) in [5.41, 5.74) is 1.20. The molecule has 0 bridgehead atoms. The van der Waals surface area contributed by atoms with Gasteiger partial charge in [-0.15, -0.1) is 0 Å². The lowest BCUT2D eigenvalue weighted by Crippen LogP contribution is -2.31. The number of carbonyl (C=O) groups is 2. The topological polar surface area (TPSA) is 109 Å². The number of halogens is 1. The van der Waals surface area contributed by atoms with E-state index < -0.39 is 0 Å². The van der Waals surface area contributed by atoms with Crippen molar-refractivity contribution in [3.05, 3.63) is 41.0 Å². The second-order valence-corrected chi connectivity index (χ2v) is 7.23. The maximum atomic E-state index is 12.8. The van der Waals surface area contributed by atoms with Gasteiger partial charge in [0.15, 0.2) is 6.10 Å². The van der Waals surface area contributed by atoms with Crippen LogP contribution in [0.3, 0.4) is 0 Å². The van der Waals surface area contributed by atoms with Crippen molar-refractivity contribution in [3.63, 3.8) is 0 Å². The largest absolute Gasteiger partial charge is 0.480 e. The second kappa shape index (κ2) is 8.22. The smallest absolute Gasteiger partial charge is 0.255 e. The van der Waals surface area contributed by atoms with Gasteiger partial charge in [0.1, 0.15) is 5.02 Å². The Morgan fingerprint density at radius 3 is 2.76 bits per heavy atom. The number of nitrogens with one attached hydrogen (secondary N) is 2. The van der Waals surface area contributed by atoms with E-state index >= 15 is 0 Å². The number of hydrogen-bond acceptors (Lipinski definition) is 7. The van der Waals surface area contributed by atoms with Crippen LogP contribution >= 0.6 is 11.6 Å². The van der Waals surface area contributed by atoms with Gasteiger partial charge in [0.2, 0.25) is 11.8 Å². The third-order valence-electron chi connectivity index (χ3n) is 4.74. The van der Waals surface area contributed by atoms with Gasteiger partial charge in [-0.1, -0.05) is 11.6 Å². The number of amides is 2. The van der Waals surface area contributed by atoms with Crippen molar-refractivity contribution in [2.24, 2.45) is 0 Å². The Kier molecular flexibility index (Phi) is 5.50. The second-order valence-electron chi connectivity index (χ2n) is 6.82. The van der Waals surface area contributed by atoms with Crippen molar-refractivity contribution in [2.45, 2.75) is 18.6 Å². The van der Waals surface area contributed by atoms with Gasteiger partial charge in [0.05, 0.1) is 19.9 Å². The Morgan fingerprint density at radius 2 is 2.07 bits per heavy atom. The predicted octanol–water partition coefficient (Wildman–Crippen LogP) is 1.80. The van der Waals surface area contributed by atoms with Crippen LogP contribution in [0.15, 0.2) is 30.5 Å². The van der Waals surface area contributed by atoms with Crippen LogP contribution in [0.5, 0.6) is 5.88 Å². The van der Waals surface area contributed by atoms with Crippen LogP contribution < -0.4 is 15.4 Å². The van der Waals surface area contributed by atoms with Gasteiger partial charge in [-0.25, -0.2) is 4.98 Å². The molecule has 4 rings (SSSR count). The first kappa shape index (κ1) is 19.4. The van der Waals surface area contributed by atoms with Gasteiger partial charge in [-0.05, 0) is 30.7 Å². The fourth-order valence-electron chi connectivity index (χ4n) is 3.11. The highest BCUT2D eigenvalue weighted by Gasteiger charge is 2.31. The van der Waals surface area contributed by atoms with Crippen molar-refractivity contribution >= 4 is 35.1 Å². The van der Waals surface area contributed by atoms with E-state index in [4.69, 9.17) is 21.1 Å². The molecule has 1 aromatic carbocycles. The molecule has 0 aliphatic carbocycles. The minimum atomic E-state index is -0.352. The van der Waals surface area contributed by atoms with Crippen LogP contribution in [0, 0.1) is 0 Å². The summed E-state index contributed by atoms with van der Waals surface area (Å²) in [7, 11) is 1.49. The Morgan fingerprint density at radius 1 is 1.31 bits per heavy atom. The fourth-order valence-corrected chi connectivity index (χ4v) is 3.28. The summed E-state index contributed by atoms with van der Waals surface area (Å²) < 4.78 is 10.0. The number of rotatable bonds is 6. The van der Waals surface area contributed by atoms with E-state index in [-0.39, 0.29) is 24.0 Å². The normalized spacial score (nSPS) is 20.3. The number of likely N-dealkylation sites (tertiary alicyclic amines) is 1. The van der Waals surface area contributed by atoms with Crippen molar-refractivity contribution in [1.82, 2.24) is 14.9 Å². The molecule has 0 saturated carbocycles. The summed E-state index contributed by atoms with van der Waals surface area (Å²) in [6.07, 6.45) is 1.90. The minimum Gasteiger partial charge on any atom is -0.480 e. The van der Waals surface area contributed by atoms with E-state index in [9.17, 15) is 9.59 Å². The third-order valence-corrected chi connectivity index (χ3v) is 5.00. The molecule has 1 aromatic heterocycles. The minimum absolute atomic E-state index is 0.0296. The molecule has 10 heteroatoms. The summed E-state index contributed by atoms with van der Waals surface area (Å²) in [6.45, 7) is 1.61. The molecule has 2 amide bonds. The molecular weight excluding hydrogens is 398 g/mol. The molecule has 0 spiro atoms. The number of aromatic nitrogens is 2. The zero-order valence-corrected chi connectivity index (χ0v) is 16.5. The maximum Gasteiger partial charge on any atom is 0.255 e. The number of anilines is 2. The maximum absolute atomic E-state index is 12.8. The first-order valence-corrected chi connectivity index (χ1v) is 9.56. The van der Waals surface area contributed by atoms with Crippen LogP contribution in [0.1, 0.15) is 16.8 Å².